The van der Waals surface area contributed by atoms with Gasteiger partial charge < -0.3 is 20.1 Å². The molecule has 2 amide bonds. The molecule has 0 bridgehead atoms. The lowest BCUT2D eigenvalue weighted by molar-refractivity contribution is -0.145. The normalized spacial score (nSPS) is 13.6. The number of rotatable bonds is 12. The zero-order chi connectivity index (χ0) is 21.0. The number of ether oxygens (including phenoxy) is 2. The van der Waals surface area contributed by atoms with Crippen molar-refractivity contribution in [1.82, 2.24) is 10.6 Å². The van der Waals surface area contributed by atoms with E-state index in [1.165, 1.54) is 7.11 Å². The molecule has 0 saturated heterocycles. The van der Waals surface area contributed by atoms with E-state index < -0.39 is 38.1 Å². The van der Waals surface area contributed by atoms with Crippen LogP contribution in [-0.2, 0) is 19.1 Å². The summed E-state index contributed by atoms with van der Waals surface area (Å²) in [6, 6.07) is -0.594. The van der Waals surface area contributed by atoms with Gasteiger partial charge in [-0.15, -0.1) is 0 Å². The van der Waals surface area contributed by atoms with E-state index in [1.54, 1.807) is 0 Å². The predicted octanol–water partition coefficient (Wildman–Crippen LogP) is 3.31. The van der Waals surface area contributed by atoms with E-state index in [-0.39, 0.29) is 5.92 Å². The van der Waals surface area contributed by atoms with E-state index in [4.69, 9.17) is 9.47 Å². The summed E-state index contributed by atoms with van der Waals surface area (Å²) in [6.45, 7) is 12.9. The number of methoxy groups -OCH3 is 1. The zero-order valence-corrected chi connectivity index (χ0v) is 19.0. The SMILES string of the molecule is CCCC[C@H](NC(=O)[C@H](CC(C)C)NC(=O)OCC[Si](C)(C)C)C(=O)OC. The summed E-state index contributed by atoms with van der Waals surface area (Å²) in [6.07, 6.45) is 2.06. The molecule has 0 aromatic carbocycles. The largest absolute Gasteiger partial charge is 0.467 e. The van der Waals surface area contributed by atoms with Crippen LogP contribution in [0.15, 0.2) is 0 Å². The molecule has 158 valence electrons. The van der Waals surface area contributed by atoms with Crippen molar-refractivity contribution in [2.45, 2.75) is 84.2 Å². The van der Waals surface area contributed by atoms with Gasteiger partial charge in [0.05, 0.1) is 13.7 Å². The molecule has 2 N–H and O–H groups in total. The summed E-state index contributed by atoms with van der Waals surface area (Å²) in [5.74, 6) is -0.676. The number of unbranched alkanes of at least 4 members (excludes halogenated alkanes) is 1. The topological polar surface area (TPSA) is 93.7 Å². The molecule has 0 saturated carbocycles. The number of hydrogen-bond acceptors (Lipinski definition) is 5. The first-order valence-corrected chi connectivity index (χ1v) is 13.5. The first-order valence-electron chi connectivity index (χ1n) is 9.81. The third-order valence-corrected chi connectivity index (χ3v) is 5.75. The number of alkyl carbamates (subject to hydrolysis) is 1. The van der Waals surface area contributed by atoms with Crippen LogP contribution in [0, 0.1) is 5.92 Å². The molecule has 27 heavy (non-hydrogen) atoms. The molecular formula is C19H38N2O5Si. The highest BCUT2D eigenvalue weighted by Gasteiger charge is 2.28. The third kappa shape index (κ3) is 12.4. The molecule has 0 aliphatic carbocycles. The fourth-order valence-electron chi connectivity index (χ4n) is 2.41. The second-order valence-corrected chi connectivity index (χ2v) is 14.1. The van der Waals surface area contributed by atoms with E-state index in [0.717, 1.165) is 18.9 Å². The van der Waals surface area contributed by atoms with Crippen molar-refractivity contribution in [2.75, 3.05) is 13.7 Å². The van der Waals surface area contributed by atoms with Crippen LogP contribution in [0.2, 0.25) is 25.7 Å². The van der Waals surface area contributed by atoms with Gasteiger partial charge in [-0.05, 0) is 24.8 Å². The first-order chi connectivity index (χ1) is 12.5. The zero-order valence-electron chi connectivity index (χ0n) is 18.0. The quantitative estimate of drug-likeness (QED) is 0.386. The first kappa shape index (κ1) is 25.4. The monoisotopic (exact) mass is 402 g/mol. The fraction of sp³-hybridized carbons (Fsp3) is 0.842. The minimum Gasteiger partial charge on any atom is -0.467 e. The van der Waals surface area contributed by atoms with Crippen LogP contribution in [0.5, 0.6) is 0 Å². The van der Waals surface area contributed by atoms with Crippen LogP contribution in [0.4, 0.5) is 4.79 Å². The Labute approximate surface area is 165 Å². The van der Waals surface area contributed by atoms with Crippen molar-refractivity contribution in [3.63, 3.8) is 0 Å². The highest BCUT2D eigenvalue weighted by Crippen LogP contribution is 2.10. The van der Waals surface area contributed by atoms with Crippen molar-refractivity contribution in [3.05, 3.63) is 0 Å². The number of nitrogens with one attached hydrogen (secondary N) is 2. The molecule has 8 heteroatoms. The summed E-state index contributed by atoms with van der Waals surface area (Å²) >= 11 is 0. The lowest BCUT2D eigenvalue weighted by atomic mass is 10.0. The van der Waals surface area contributed by atoms with E-state index in [1.807, 2.05) is 20.8 Å². The number of hydrogen-bond donors (Lipinski definition) is 2. The highest BCUT2D eigenvalue weighted by molar-refractivity contribution is 6.76. The van der Waals surface area contributed by atoms with Crippen LogP contribution in [0.1, 0.15) is 46.5 Å². The van der Waals surface area contributed by atoms with Gasteiger partial charge in [0.2, 0.25) is 5.91 Å². The van der Waals surface area contributed by atoms with Gasteiger partial charge in [0.1, 0.15) is 12.1 Å². The van der Waals surface area contributed by atoms with Crippen LogP contribution in [0.3, 0.4) is 0 Å². The smallest absolute Gasteiger partial charge is 0.407 e. The average molecular weight is 403 g/mol. The molecule has 7 nitrogen and oxygen atoms in total. The van der Waals surface area contributed by atoms with Gasteiger partial charge in [-0.2, -0.15) is 0 Å². The summed E-state index contributed by atoms with van der Waals surface area (Å²) in [7, 11) is -0.000418. The standard InChI is InChI=1S/C19H38N2O5Si/c1-8-9-10-15(18(23)25-4)20-17(22)16(13-14(2)3)21-19(24)26-11-12-27(5,6)7/h14-16H,8-13H2,1-7H3,(H,20,22)(H,21,24)/t15-,16-/m0/s1. The van der Waals surface area contributed by atoms with Crippen molar-refractivity contribution < 1.29 is 23.9 Å². The van der Waals surface area contributed by atoms with Gasteiger partial charge in [0.25, 0.3) is 0 Å². The molecule has 0 spiro atoms. The minimum absolute atomic E-state index is 0.190. The fourth-order valence-corrected chi connectivity index (χ4v) is 3.12. The van der Waals surface area contributed by atoms with Crippen LogP contribution in [0.25, 0.3) is 0 Å². The van der Waals surface area contributed by atoms with Gasteiger partial charge in [0.15, 0.2) is 0 Å². The Balaban J connectivity index is 4.86. The molecule has 0 aliphatic rings. The Hall–Kier alpha value is -1.57. The van der Waals surface area contributed by atoms with Crippen LogP contribution in [-0.4, -0.2) is 51.8 Å². The van der Waals surface area contributed by atoms with Gasteiger partial charge >= 0.3 is 12.1 Å². The number of carbonyl (C=O) groups is 3. The van der Waals surface area contributed by atoms with Crippen LogP contribution >= 0.6 is 0 Å². The van der Waals surface area contributed by atoms with Crippen molar-refractivity contribution in [3.8, 4) is 0 Å². The van der Waals surface area contributed by atoms with E-state index in [0.29, 0.717) is 19.4 Å². The molecule has 0 unspecified atom stereocenters. The Morgan fingerprint density at radius 1 is 1.04 bits per heavy atom. The lowest BCUT2D eigenvalue weighted by Crippen LogP contribution is -2.52. The molecule has 0 aromatic rings. The predicted molar refractivity (Wildman–Crippen MR) is 109 cm³/mol. The summed E-state index contributed by atoms with van der Waals surface area (Å²) in [5, 5.41) is 5.36. The molecule has 0 fully saturated rings. The van der Waals surface area contributed by atoms with Gasteiger partial charge in [-0.1, -0.05) is 53.3 Å². The van der Waals surface area contributed by atoms with Gasteiger partial charge in [-0.3, -0.25) is 4.79 Å². The Morgan fingerprint density at radius 3 is 2.15 bits per heavy atom. The molecule has 2 atom stereocenters. The molecule has 0 heterocycles. The molecule has 0 aromatic heterocycles. The van der Waals surface area contributed by atoms with Crippen LogP contribution < -0.4 is 10.6 Å². The van der Waals surface area contributed by atoms with Crippen molar-refractivity contribution in [1.29, 1.82) is 0 Å². The van der Waals surface area contributed by atoms with Gasteiger partial charge in [0, 0.05) is 8.07 Å². The molecule has 0 aliphatic heterocycles. The van der Waals surface area contributed by atoms with E-state index in [2.05, 4.69) is 30.3 Å². The maximum absolute atomic E-state index is 12.7. The Bertz CT molecular complexity index is 477. The van der Waals surface area contributed by atoms with E-state index >= 15 is 0 Å². The Morgan fingerprint density at radius 2 is 1.67 bits per heavy atom. The minimum atomic E-state index is -1.30. The van der Waals surface area contributed by atoms with Crippen molar-refractivity contribution >= 4 is 26.0 Å². The Kier molecular flexibility index (Phi) is 12.0. The van der Waals surface area contributed by atoms with Crippen molar-refractivity contribution in [2.24, 2.45) is 5.92 Å². The maximum Gasteiger partial charge on any atom is 0.407 e. The summed E-state index contributed by atoms with van der Waals surface area (Å²) in [5.41, 5.74) is 0. The van der Waals surface area contributed by atoms with E-state index in [9.17, 15) is 14.4 Å². The highest BCUT2D eigenvalue weighted by atomic mass is 28.3. The second-order valence-electron chi connectivity index (χ2n) is 8.50. The second kappa shape index (κ2) is 12.7. The van der Waals surface area contributed by atoms with Gasteiger partial charge in [-0.25, -0.2) is 9.59 Å². The molecular weight excluding hydrogens is 364 g/mol. The molecule has 0 rings (SSSR count). The number of carbonyl (C=O) groups excluding carboxylic acids is 3. The summed E-state index contributed by atoms with van der Waals surface area (Å²) < 4.78 is 10.0. The number of esters is 1. The lowest BCUT2D eigenvalue weighted by Gasteiger charge is -2.23. The number of amides is 2. The third-order valence-electron chi connectivity index (χ3n) is 4.05. The maximum atomic E-state index is 12.7. The molecule has 0 radical (unpaired) electrons. The summed E-state index contributed by atoms with van der Waals surface area (Å²) in [4.78, 5) is 36.7. The average Bonchev–Trinajstić information content (AvgIpc) is 2.55.